The number of aliphatic hydroxyl groups is 1. The van der Waals surface area contributed by atoms with Crippen molar-refractivity contribution < 1.29 is 23.1 Å². The first-order chi connectivity index (χ1) is 18.2. The Morgan fingerprint density at radius 3 is 2.24 bits per heavy atom. The number of halogens is 3. The molecule has 0 saturated carbocycles. The monoisotopic (exact) mass is 525 g/mol. The molecule has 2 aliphatic rings. The van der Waals surface area contributed by atoms with Gasteiger partial charge in [-0.2, -0.15) is 0 Å². The average Bonchev–Trinajstić information content (AvgIpc) is 2.85. The Morgan fingerprint density at radius 2 is 1.66 bits per heavy atom. The average molecular weight is 526 g/mol. The van der Waals surface area contributed by atoms with Gasteiger partial charge >= 0.3 is 6.03 Å². The summed E-state index contributed by atoms with van der Waals surface area (Å²) in [7, 11) is 3.73. The number of fused-ring (bicyclic) bond motifs is 2. The second kappa shape index (κ2) is 10.4. The van der Waals surface area contributed by atoms with Crippen LogP contribution in [0.3, 0.4) is 0 Å². The smallest absolute Gasteiger partial charge is 0.321 e. The van der Waals surface area contributed by atoms with Crippen molar-refractivity contribution in [1.82, 2.24) is 20.1 Å². The maximum absolute atomic E-state index is 14.4. The van der Waals surface area contributed by atoms with E-state index in [0.717, 1.165) is 23.8 Å². The van der Waals surface area contributed by atoms with Gasteiger partial charge in [-0.15, -0.1) is 0 Å². The van der Waals surface area contributed by atoms with Gasteiger partial charge in [0.1, 0.15) is 23.1 Å². The zero-order valence-electron chi connectivity index (χ0n) is 21.2. The van der Waals surface area contributed by atoms with Crippen LogP contribution in [0.15, 0.2) is 54.7 Å². The maximum Gasteiger partial charge on any atom is 0.321 e. The number of piperidine rings is 2. The van der Waals surface area contributed by atoms with Crippen molar-refractivity contribution >= 4 is 11.7 Å². The fourth-order valence-corrected chi connectivity index (χ4v) is 5.71. The number of nitrogens with one attached hydrogen (secondary N) is 2. The Balaban J connectivity index is 1.36. The molecule has 3 N–H and O–H groups in total. The number of aromatic nitrogens is 1. The molecule has 7 nitrogen and oxygen atoms in total. The third-order valence-electron chi connectivity index (χ3n) is 7.52. The fourth-order valence-electron chi connectivity index (χ4n) is 5.71. The molecule has 2 saturated heterocycles. The van der Waals surface area contributed by atoms with Crippen LogP contribution in [0.1, 0.15) is 11.3 Å². The summed E-state index contributed by atoms with van der Waals surface area (Å²) in [6, 6.07) is 11.0. The number of amides is 2. The molecule has 2 aromatic carbocycles. The van der Waals surface area contributed by atoms with Gasteiger partial charge in [0, 0.05) is 73.6 Å². The zero-order chi connectivity index (χ0) is 27.0. The quantitative estimate of drug-likeness (QED) is 0.472. The molecule has 2 aliphatic heterocycles. The van der Waals surface area contributed by atoms with Gasteiger partial charge in [0.05, 0.1) is 5.69 Å². The molecule has 0 radical (unpaired) electrons. The highest BCUT2D eigenvalue weighted by molar-refractivity contribution is 5.89. The predicted molar refractivity (Wildman–Crippen MR) is 138 cm³/mol. The minimum Gasteiger partial charge on any atom is -0.383 e. The summed E-state index contributed by atoms with van der Waals surface area (Å²) in [5.74, 6) is -2.54. The van der Waals surface area contributed by atoms with Crippen LogP contribution in [0.2, 0.25) is 0 Å². The molecule has 0 unspecified atom stereocenters. The Bertz CT molecular complexity index is 1300. The van der Waals surface area contributed by atoms with Crippen LogP contribution in [-0.2, 0) is 12.1 Å². The number of benzene rings is 2. The largest absolute Gasteiger partial charge is 0.383 e. The molecule has 38 heavy (non-hydrogen) atoms. The number of likely N-dealkylation sites (tertiary alicyclic amines) is 2. The molecule has 2 fully saturated rings. The lowest BCUT2D eigenvalue weighted by Crippen LogP contribution is -2.66. The molecule has 3 atom stereocenters. The lowest BCUT2D eigenvalue weighted by molar-refractivity contribution is -0.155. The fraction of sp³-hybridized carbons (Fsp3) is 0.357. The Kier molecular flexibility index (Phi) is 7.13. The van der Waals surface area contributed by atoms with Crippen LogP contribution in [0, 0.1) is 29.3 Å². The van der Waals surface area contributed by atoms with E-state index < -0.39 is 23.3 Å². The second-order valence-corrected chi connectivity index (χ2v) is 10.2. The van der Waals surface area contributed by atoms with Gasteiger partial charge in [-0.25, -0.2) is 18.0 Å². The number of pyridine rings is 1. The third kappa shape index (κ3) is 4.99. The summed E-state index contributed by atoms with van der Waals surface area (Å²) in [6.07, 6.45) is 1.64. The number of carbonyl (C=O) groups excluding carboxylic acids is 1. The van der Waals surface area contributed by atoms with Gasteiger partial charge in [0.15, 0.2) is 0 Å². The van der Waals surface area contributed by atoms with E-state index >= 15 is 0 Å². The molecule has 10 heteroatoms. The number of nitrogens with zero attached hydrogens (tertiary/aromatic N) is 3. The molecule has 5 rings (SSSR count). The lowest BCUT2D eigenvalue weighted by atomic mass is 9.68. The molecule has 0 aliphatic carbocycles. The second-order valence-electron chi connectivity index (χ2n) is 10.2. The van der Waals surface area contributed by atoms with E-state index in [4.69, 9.17) is 0 Å². The van der Waals surface area contributed by atoms with Crippen molar-refractivity contribution in [3.05, 3.63) is 83.4 Å². The lowest BCUT2D eigenvalue weighted by Gasteiger charge is -2.54. The van der Waals surface area contributed by atoms with E-state index in [2.05, 4.69) is 20.5 Å². The summed E-state index contributed by atoms with van der Waals surface area (Å²) >= 11 is 0. The minimum atomic E-state index is -1.27. The highest BCUT2D eigenvalue weighted by Gasteiger charge is 2.54. The SMILES string of the molecule is CNCc1ccc(-c2ccc([C@@]3(O)[C@@H]4CN(C)C[C@H]3CN(C(=O)Nc3cc(F)cc(F)c3)C4)nc2)cc1F. The molecular weight excluding hydrogens is 495 g/mol. The van der Waals surface area contributed by atoms with E-state index in [0.29, 0.717) is 36.5 Å². The van der Waals surface area contributed by atoms with Crippen molar-refractivity contribution in [2.24, 2.45) is 11.8 Å². The van der Waals surface area contributed by atoms with Gasteiger partial charge in [0.2, 0.25) is 0 Å². The van der Waals surface area contributed by atoms with Gasteiger partial charge in [0.25, 0.3) is 0 Å². The maximum atomic E-state index is 14.4. The van der Waals surface area contributed by atoms with Gasteiger partial charge in [-0.3, -0.25) is 4.98 Å². The molecule has 200 valence electrons. The summed E-state index contributed by atoms with van der Waals surface area (Å²) in [4.78, 5) is 21.3. The first-order valence-corrected chi connectivity index (χ1v) is 12.5. The molecule has 3 aromatic rings. The van der Waals surface area contributed by atoms with Crippen molar-refractivity contribution in [3.63, 3.8) is 0 Å². The van der Waals surface area contributed by atoms with Crippen LogP contribution in [0.5, 0.6) is 0 Å². The van der Waals surface area contributed by atoms with Crippen molar-refractivity contribution in [2.45, 2.75) is 12.1 Å². The highest BCUT2D eigenvalue weighted by atomic mass is 19.1. The topological polar surface area (TPSA) is 80.7 Å². The third-order valence-corrected chi connectivity index (χ3v) is 7.52. The van der Waals surface area contributed by atoms with Crippen LogP contribution in [0.25, 0.3) is 11.1 Å². The van der Waals surface area contributed by atoms with Crippen LogP contribution in [-0.4, -0.2) is 66.2 Å². The van der Waals surface area contributed by atoms with E-state index in [1.807, 2.05) is 19.2 Å². The number of anilines is 1. The standard InChI is InChI=1S/C28H30F3N5O2/c1-32-11-19-4-3-17(7-25(19)31)18-5-6-26(33-12-18)28(38)20-13-35(2)14-21(28)16-36(15-20)27(37)34-24-9-22(29)8-23(30)10-24/h3-10,12,20-21,32,38H,11,13-16H2,1-2H3,(H,34,37)/t20-,21+,28-. The van der Waals surface area contributed by atoms with Crippen LogP contribution < -0.4 is 10.6 Å². The number of rotatable bonds is 5. The van der Waals surface area contributed by atoms with Crippen molar-refractivity contribution in [1.29, 1.82) is 0 Å². The molecule has 2 amide bonds. The van der Waals surface area contributed by atoms with Crippen molar-refractivity contribution in [2.75, 3.05) is 45.6 Å². The normalized spacial score (nSPS) is 23.4. The van der Waals surface area contributed by atoms with Crippen LogP contribution >= 0.6 is 0 Å². The van der Waals surface area contributed by atoms with Crippen molar-refractivity contribution in [3.8, 4) is 11.1 Å². The molecule has 1 aromatic heterocycles. The first kappa shape index (κ1) is 26.1. The van der Waals surface area contributed by atoms with E-state index in [9.17, 15) is 23.1 Å². The molecular formula is C28H30F3N5O2. The summed E-state index contributed by atoms with van der Waals surface area (Å²) in [5, 5.41) is 17.5. The Morgan fingerprint density at radius 1 is 1.00 bits per heavy atom. The number of hydrogen-bond acceptors (Lipinski definition) is 5. The summed E-state index contributed by atoms with van der Waals surface area (Å²) in [6.45, 7) is 1.98. The predicted octanol–water partition coefficient (Wildman–Crippen LogP) is 3.80. The molecule has 3 heterocycles. The number of carbonyl (C=O) groups is 1. The molecule has 0 spiro atoms. The Labute approximate surface area is 219 Å². The zero-order valence-corrected chi connectivity index (χ0v) is 21.2. The van der Waals surface area contributed by atoms with Gasteiger partial charge < -0.3 is 25.5 Å². The first-order valence-electron chi connectivity index (χ1n) is 12.5. The summed E-state index contributed by atoms with van der Waals surface area (Å²) < 4.78 is 41.6. The Hall–Kier alpha value is -3.47. The summed E-state index contributed by atoms with van der Waals surface area (Å²) in [5.41, 5.74) is 1.26. The number of urea groups is 1. The number of hydrogen-bond donors (Lipinski definition) is 3. The van der Waals surface area contributed by atoms with E-state index in [1.54, 1.807) is 30.3 Å². The van der Waals surface area contributed by atoms with E-state index in [-0.39, 0.29) is 36.4 Å². The highest BCUT2D eigenvalue weighted by Crippen LogP contribution is 2.44. The van der Waals surface area contributed by atoms with E-state index in [1.165, 1.54) is 6.07 Å². The molecule has 2 bridgehead atoms. The van der Waals surface area contributed by atoms with Gasteiger partial charge in [-0.05, 0) is 43.9 Å². The van der Waals surface area contributed by atoms with Gasteiger partial charge in [-0.1, -0.05) is 18.2 Å². The van der Waals surface area contributed by atoms with Crippen LogP contribution in [0.4, 0.5) is 23.7 Å². The minimum absolute atomic E-state index is 0.0308.